The molecule has 0 spiro atoms. The molecule has 0 aromatic rings. The van der Waals surface area contributed by atoms with Crippen molar-refractivity contribution in [2.24, 2.45) is 0 Å². The molecule has 28 heavy (non-hydrogen) atoms. The van der Waals surface area contributed by atoms with Crippen molar-refractivity contribution in [2.75, 3.05) is 6.54 Å². The smallest absolute Gasteiger partial charge is 0.101 e. The fraction of sp³-hybridized carbons (Fsp3) is 0.923. The van der Waals surface area contributed by atoms with Crippen LogP contribution in [-0.2, 0) is 0 Å². The van der Waals surface area contributed by atoms with Crippen molar-refractivity contribution in [1.29, 1.82) is 0 Å². The van der Waals surface area contributed by atoms with Gasteiger partial charge in [-0.15, -0.1) is 0 Å². The molecular formula is C26H52N2. The van der Waals surface area contributed by atoms with Crippen LogP contribution in [0.25, 0.3) is 0 Å². The van der Waals surface area contributed by atoms with E-state index in [2.05, 4.69) is 49.9 Å². The first-order chi connectivity index (χ1) is 13.7. The van der Waals surface area contributed by atoms with Gasteiger partial charge in [0.05, 0.1) is 0 Å². The lowest BCUT2D eigenvalue weighted by Gasteiger charge is -2.35. The van der Waals surface area contributed by atoms with Crippen LogP contribution in [0.1, 0.15) is 137 Å². The van der Waals surface area contributed by atoms with Crippen molar-refractivity contribution in [1.82, 2.24) is 9.80 Å². The molecule has 0 bridgehead atoms. The van der Waals surface area contributed by atoms with Crippen LogP contribution < -0.4 is 0 Å². The molecular weight excluding hydrogens is 340 g/mol. The van der Waals surface area contributed by atoms with Crippen molar-refractivity contribution in [3.8, 4) is 0 Å². The molecule has 0 saturated heterocycles. The van der Waals surface area contributed by atoms with Crippen LogP contribution >= 0.6 is 0 Å². The summed E-state index contributed by atoms with van der Waals surface area (Å²) in [5, 5.41) is 0. The van der Waals surface area contributed by atoms with Gasteiger partial charge in [0.1, 0.15) is 6.17 Å². The van der Waals surface area contributed by atoms with Gasteiger partial charge in [0.2, 0.25) is 0 Å². The van der Waals surface area contributed by atoms with E-state index in [1.165, 1.54) is 116 Å². The zero-order chi connectivity index (χ0) is 20.5. The van der Waals surface area contributed by atoms with E-state index in [9.17, 15) is 0 Å². The summed E-state index contributed by atoms with van der Waals surface area (Å²) < 4.78 is 0. The van der Waals surface area contributed by atoms with Gasteiger partial charge >= 0.3 is 0 Å². The van der Waals surface area contributed by atoms with E-state index in [4.69, 9.17) is 0 Å². The van der Waals surface area contributed by atoms with Crippen molar-refractivity contribution in [3.05, 3.63) is 12.4 Å². The highest BCUT2D eigenvalue weighted by Crippen LogP contribution is 2.24. The molecule has 1 rings (SSSR count). The van der Waals surface area contributed by atoms with Crippen LogP contribution in [0.4, 0.5) is 0 Å². The van der Waals surface area contributed by atoms with Gasteiger partial charge in [-0.1, -0.05) is 104 Å². The van der Waals surface area contributed by atoms with E-state index < -0.39 is 0 Å². The van der Waals surface area contributed by atoms with Gasteiger partial charge in [-0.3, -0.25) is 0 Å². The van der Waals surface area contributed by atoms with Crippen molar-refractivity contribution in [3.63, 3.8) is 0 Å². The Bertz CT molecular complexity index is 363. The molecule has 0 aliphatic carbocycles. The minimum absolute atomic E-state index is 0.611. The summed E-state index contributed by atoms with van der Waals surface area (Å²) in [5.74, 6) is 0. The van der Waals surface area contributed by atoms with Crippen LogP contribution in [0.3, 0.4) is 0 Å². The Hall–Kier alpha value is -0.660. The molecule has 1 heterocycles. The lowest BCUT2D eigenvalue weighted by atomic mass is 10.0. The average Bonchev–Trinajstić information content (AvgIpc) is 3.08. The molecule has 1 unspecified atom stereocenters. The third-order valence-corrected chi connectivity index (χ3v) is 6.30. The van der Waals surface area contributed by atoms with Crippen LogP contribution in [0.15, 0.2) is 12.4 Å². The average molecular weight is 393 g/mol. The number of hydrogen-bond acceptors (Lipinski definition) is 2. The van der Waals surface area contributed by atoms with Crippen LogP contribution in [0.5, 0.6) is 0 Å². The van der Waals surface area contributed by atoms with Crippen LogP contribution in [0, 0.1) is 0 Å². The maximum atomic E-state index is 2.56. The number of hydrogen-bond donors (Lipinski definition) is 0. The Balaban J connectivity index is 1.92. The highest BCUT2D eigenvalue weighted by Gasteiger charge is 2.26. The molecule has 2 nitrogen and oxygen atoms in total. The van der Waals surface area contributed by atoms with Gasteiger partial charge in [-0.05, 0) is 33.1 Å². The van der Waals surface area contributed by atoms with Gasteiger partial charge < -0.3 is 9.80 Å². The molecule has 0 amide bonds. The van der Waals surface area contributed by atoms with E-state index in [1.54, 1.807) is 0 Å². The second-order valence-corrected chi connectivity index (χ2v) is 9.30. The molecule has 0 N–H and O–H groups in total. The molecule has 0 saturated carbocycles. The van der Waals surface area contributed by atoms with Crippen LogP contribution in [-0.4, -0.2) is 28.6 Å². The molecule has 0 radical (unpaired) electrons. The number of rotatable bonds is 19. The maximum absolute atomic E-state index is 2.56. The topological polar surface area (TPSA) is 6.48 Å². The van der Waals surface area contributed by atoms with Gasteiger partial charge in [-0.2, -0.15) is 0 Å². The second-order valence-electron chi connectivity index (χ2n) is 9.30. The monoisotopic (exact) mass is 392 g/mol. The first kappa shape index (κ1) is 25.4. The lowest BCUT2D eigenvalue weighted by molar-refractivity contribution is 0.115. The first-order valence-electron chi connectivity index (χ1n) is 12.9. The molecule has 0 aromatic heterocycles. The minimum atomic E-state index is 0.611. The quantitative estimate of drug-likeness (QED) is 0.203. The molecule has 2 heteroatoms. The van der Waals surface area contributed by atoms with Gasteiger partial charge in [0.15, 0.2) is 0 Å². The summed E-state index contributed by atoms with van der Waals surface area (Å²) in [6, 6.07) is 0.611. The van der Waals surface area contributed by atoms with E-state index in [-0.39, 0.29) is 0 Å². The maximum Gasteiger partial charge on any atom is 0.101 e. The predicted octanol–water partition coefficient (Wildman–Crippen LogP) is 8.48. The Labute approximate surface area is 178 Å². The Morgan fingerprint density at radius 3 is 1.50 bits per heavy atom. The largest absolute Gasteiger partial charge is 0.356 e. The van der Waals surface area contributed by atoms with E-state index in [1.807, 2.05) is 0 Å². The standard InChI is InChI=1S/C26H52N2/c1-5-7-8-9-10-11-12-13-14-15-16-17-18-19-20-21-26-27(22-6-2)23-24-28(26)25(3)4/h23-26H,5-22H2,1-4H3. The Morgan fingerprint density at radius 2 is 1.07 bits per heavy atom. The first-order valence-corrected chi connectivity index (χ1v) is 12.9. The summed E-state index contributed by atoms with van der Waals surface area (Å²) in [6.07, 6.45) is 29.5. The fourth-order valence-electron chi connectivity index (χ4n) is 4.54. The highest BCUT2D eigenvalue weighted by molar-refractivity contribution is 4.98. The number of nitrogens with zero attached hydrogens (tertiary/aromatic N) is 2. The van der Waals surface area contributed by atoms with Gasteiger partial charge in [-0.25, -0.2) is 0 Å². The van der Waals surface area contributed by atoms with Gasteiger partial charge in [0, 0.05) is 25.0 Å². The van der Waals surface area contributed by atoms with Gasteiger partial charge in [0.25, 0.3) is 0 Å². The summed E-state index contributed by atoms with van der Waals surface area (Å²) in [7, 11) is 0. The summed E-state index contributed by atoms with van der Waals surface area (Å²) in [5.41, 5.74) is 0. The molecule has 1 atom stereocenters. The summed E-state index contributed by atoms with van der Waals surface area (Å²) in [6.45, 7) is 10.4. The molecule has 0 fully saturated rings. The molecule has 166 valence electrons. The fourth-order valence-corrected chi connectivity index (χ4v) is 4.54. The minimum Gasteiger partial charge on any atom is -0.356 e. The molecule has 0 aromatic carbocycles. The Morgan fingerprint density at radius 1 is 0.607 bits per heavy atom. The molecule has 1 aliphatic heterocycles. The summed E-state index contributed by atoms with van der Waals surface area (Å²) in [4.78, 5) is 5.11. The third kappa shape index (κ3) is 11.4. The van der Waals surface area contributed by atoms with Crippen molar-refractivity contribution in [2.45, 2.75) is 149 Å². The lowest BCUT2D eigenvalue weighted by Crippen LogP contribution is -2.42. The SMILES string of the molecule is CCCCCCCCCCCCCCCCCC1N(CCC)C=CN1C(C)C. The Kier molecular flexibility index (Phi) is 15.6. The van der Waals surface area contributed by atoms with Crippen molar-refractivity contribution < 1.29 is 0 Å². The zero-order valence-electron chi connectivity index (χ0n) is 19.9. The predicted molar refractivity (Wildman–Crippen MR) is 126 cm³/mol. The second kappa shape index (κ2) is 17.2. The normalized spacial score (nSPS) is 16.7. The van der Waals surface area contributed by atoms with E-state index in [0.717, 1.165) is 0 Å². The zero-order valence-corrected chi connectivity index (χ0v) is 19.9. The van der Waals surface area contributed by atoms with Crippen molar-refractivity contribution >= 4 is 0 Å². The van der Waals surface area contributed by atoms with E-state index >= 15 is 0 Å². The van der Waals surface area contributed by atoms with Crippen LogP contribution in [0.2, 0.25) is 0 Å². The molecule has 1 aliphatic rings. The summed E-state index contributed by atoms with van der Waals surface area (Å²) >= 11 is 0. The number of unbranched alkanes of at least 4 members (excludes halogenated alkanes) is 14. The third-order valence-electron chi connectivity index (χ3n) is 6.30. The highest BCUT2D eigenvalue weighted by atomic mass is 15.4. The van der Waals surface area contributed by atoms with E-state index in [0.29, 0.717) is 12.2 Å².